The Bertz CT molecular complexity index is 1140. The number of sulfone groups is 1. The summed E-state index contributed by atoms with van der Waals surface area (Å²) in [4.78, 5) is 17.0. The molecule has 1 aromatic heterocycles. The highest BCUT2D eigenvalue weighted by Gasteiger charge is 2.51. The number of carbonyl (C=O) groups is 1. The van der Waals surface area contributed by atoms with Gasteiger partial charge in [-0.1, -0.05) is 13.0 Å². The van der Waals surface area contributed by atoms with Crippen LogP contribution in [0.4, 0.5) is 14.5 Å². The van der Waals surface area contributed by atoms with Crippen LogP contribution in [0.3, 0.4) is 0 Å². The number of anilines is 1. The highest BCUT2D eigenvalue weighted by atomic mass is 32.2. The lowest BCUT2D eigenvalue weighted by molar-refractivity contribution is -0.131. The standard InChI is InChI=1S/C22H26F2N2O5S/c1-6-30-19-14(7-8-15(23)18(19)24)17-12(2)22(3,4)31-20(17)21(27)26-13-9-10-25-16(11-13)32(5,28)29/h7-12,17,20H,6H2,1-5H3,(H,25,26,27)/t12-,17?,20+/m1/s1. The van der Waals surface area contributed by atoms with E-state index in [1.807, 2.05) is 20.8 Å². The van der Waals surface area contributed by atoms with Crippen LogP contribution in [0.25, 0.3) is 0 Å². The second kappa shape index (κ2) is 8.74. The summed E-state index contributed by atoms with van der Waals surface area (Å²) in [7, 11) is -3.57. The zero-order valence-corrected chi connectivity index (χ0v) is 19.3. The maximum absolute atomic E-state index is 14.5. The third kappa shape index (κ3) is 4.61. The van der Waals surface area contributed by atoms with Crippen molar-refractivity contribution in [3.05, 3.63) is 47.7 Å². The Balaban J connectivity index is 2.00. The second-order valence-electron chi connectivity index (χ2n) is 8.31. The lowest BCUT2D eigenvalue weighted by atomic mass is 9.78. The number of hydrogen-bond donors (Lipinski definition) is 1. The molecule has 1 aromatic carbocycles. The largest absolute Gasteiger partial charge is 0.490 e. The molecule has 2 heterocycles. The summed E-state index contributed by atoms with van der Waals surface area (Å²) >= 11 is 0. The molecule has 32 heavy (non-hydrogen) atoms. The number of halogens is 2. The van der Waals surface area contributed by atoms with Crippen LogP contribution in [-0.4, -0.2) is 43.9 Å². The molecule has 0 radical (unpaired) electrons. The van der Waals surface area contributed by atoms with Crippen LogP contribution in [0.1, 0.15) is 39.2 Å². The number of hydrogen-bond acceptors (Lipinski definition) is 6. The van der Waals surface area contributed by atoms with Crippen LogP contribution in [0.15, 0.2) is 35.5 Å². The van der Waals surface area contributed by atoms with E-state index in [0.717, 1.165) is 12.3 Å². The van der Waals surface area contributed by atoms with Gasteiger partial charge >= 0.3 is 0 Å². The van der Waals surface area contributed by atoms with Crippen molar-refractivity contribution in [2.24, 2.45) is 5.92 Å². The lowest BCUT2D eigenvalue weighted by Crippen LogP contribution is -2.33. The molecule has 7 nitrogen and oxygen atoms in total. The van der Waals surface area contributed by atoms with Gasteiger partial charge in [-0.2, -0.15) is 4.39 Å². The maximum atomic E-state index is 14.5. The van der Waals surface area contributed by atoms with E-state index in [0.29, 0.717) is 5.56 Å². The number of aromatic nitrogens is 1. The lowest BCUT2D eigenvalue weighted by Gasteiger charge is -2.26. The van der Waals surface area contributed by atoms with Crippen molar-refractivity contribution < 1.29 is 31.5 Å². The third-order valence-electron chi connectivity index (χ3n) is 5.76. The number of rotatable bonds is 6. The molecule has 174 valence electrons. The minimum atomic E-state index is -3.57. The average molecular weight is 469 g/mol. The predicted molar refractivity (Wildman–Crippen MR) is 114 cm³/mol. The fourth-order valence-electron chi connectivity index (χ4n) is 3.86. The fraction of sp³-hybridized carbons (Fsp3) is 0.455. The molecule has 1 N–H and O–H groups in total. The fourth-order valence-corrected chi connectivity index (χ4v) is 4.45. The molecule has 3 atom stereocenters. The Hall–Kier alpha value is -2.59. The quantitative estimate of drug-likeness (QED) is 0.695. The zero-order chi connectivity index (χ0) is 23.8. The van der Waals surface area contributed by atoms with E-state index in [9.17, 15) is 22.0 Å². The van der Waals surface area contributed by atoms with E-state index >= 15 is 0 Å². The Morgan fingerprint density at radius 1 is 1.28 bits per heavy atom. The summed E-state index contributed by atoms with van der Waals surface area (Å²) in [6.45, 7) is 7.25. The Kier molecular flexibility index (Phi) is 6.57. The summed E-state index contributed by atoms with van der Waals surface area (Å²) in [5, 5.41) is 2.47. The maximum Gasteiger partial charge on any atom is 0.254 e. The van der Waals surface area contributed by atoms with Crippen LogP contribution in [0.5, 0.6) is 5.75 Å². The smallest absolute Gasteiger partial charge is 0.254 e. The Morgan fingerprint density at radius 3 is 2.59 bits per heavy atom. The second-order valence-corrected chi connectivity index (χ2v) is 10.3. The summed E-state index contributed by atoms with van der Waals surface area (Å²) in [6, 6.07) is 5.11. The monoisotopic (exact) mass is 468 g/mol. The highest BCUT2D eigenvalue weighted by Crippen LogP contribution is 2.49. The van der Waals surface area contributed by atoms with E-state index in [1.165, 1.54) is 24.4 Å². The first kappa shape index (κ1) is 24.1. The molecule has 0 aliphatic carbocycles. The molecule has 3 rings (SSSR count). The molecule has 1 amide bonds. The molecule has 1 saturated heterocycles. The van der Waals surface area contributed by atoms with Crippen molar-refractivity contribution in [3.63, 3.8) is 0 Å². The van der Waals surface area contributed by atoms with Gasteiger partial charge in [0.15, 0.2) is 26.4 Å². The van der Waals surface area contributed by atoms with Gasteiger partial charge in [0.05, 0.1) is 12.2 Å². The van der Waals surface area contributed by atoms with Crippen molar-refractivity contribution >= 4 is 21.4 Å². The van der Waals surface area contributed by atoms with Crippen LogP contribution in [0.2, 0.25) is 0 Å². The molecule has 0 spiro atoms. The average Bonchev–Trinajstić information content (AvgIpc) is 2.95. The minimum absolute atomic E-state index is 0.112. The topological polar surface area (TPSA) is 94.6 Å². The van der Waals surface area contributed by atoms with Crippen molar-refractivity contribution in [1.29, 1.82) is 0 Å². The van der Waals surface area contributed by atoms with Crippen molar-refractivity contribution in [2.75, 3.05) is 18.2 Å². The first-order valence-electron chi connectivity index (χ1n) is 10.1. The van der Waals surface area contributed by atoms with Gasteiger partial charge in [0.2, 0.25) is 5.82 Å². The van der Waals surface area contributed by atoms with Crippen molar-refractivity contribution in [3.8, 4) is 5.75 Å². The normalized spacial score (nSPS) is 22.5. The van der Waals surface area contributed by atoms with E-state index in [4.69, 9.17) is 9.47 Å². The molecule has 1 fully saturated rings. The van der Waals surface area contributed by atoms with Gasteiger partial charge in [0, 0.05) is 29.6 Å². The number of nitrogens with zero attached hydrogens (tertiary/aromatic N) is 1. The number of nitrogens with one attached hydrogen (secondary N) is 1. The first-order valence-corrected chi connectivity index (χ1v) is 12.0. The number of pyridine rings is 1. The molecule has 10 heteroatoms. The van der Waals surface area contributed by atoms with Crippen molar-refractivity contribution in [2.45, 2.75) is 50.3 Å². The zero-order valence-electron chi connectivity index (χ0n) is 18.5. The van der Waals surface area contributed by atoms with Crippen LogP contribution < -0.4 is 10.1 Å². The molecule has 0 bridgehead atoms. The van der Waals surface area contributed by atoms with E-state index in [2.05, 4.69) is 10.3 Å². The highest BCUT2D eigenvalue weighted by molar-refractivity contribution is 7.90. The first-order chi connectivity index (χ1) is 14.9. The molecular formula is C22H26F2N2O5S. The van der Waals surface area contributed by atoms with Gasteiger partial charge in [0.25, 0.3) is 5.91 Å². The number of amides is 1. The summed E-state index contributed by atoms with van der Waals surface area (Å²) in [5.41, 5.74) is -0.201. The SMILES string of the molecule is CCOc1c(C2[C@@H](C(=O)Nc3ccnc(S(C)(=O)=O)c3)OC(C)(C)[C@@H]2C)ccc(F)c1F. The van der Waals surface area contributed by atoms with Gasteiger partial charge in [0.1, 0.15) is 6.10 Å². The predicted octanol–water partition coefficient (Wildman–Crippen LogP) is 3.70. The summed E-state index contributed by atoms with van der Waals surface area (Å²) < 4.78 is 63.4. The van der Waals surface area contributed by atoms with Gasteiger partial charge in [-0.15, -0.1) is 0 Å². The minimum Gasteiger partial charge on any atom is -0.490 e. The van der Waals surface area contributed by atoms with Gasteiger partial charge in [-0.05, 0) is 44.9 Å². The number of carbonyl (C=O) groups excluding carboxylic acids is 1. The molecule has 1 unspecified atom stereocenters. The molecule has 1 aliphatic rings. The molecular weight excluding hydrogens is 442 g/mol. The van der Waals surface area contributed by atoms with Gasteiger partial charge in [-0.3, -0.25) is 4.79 Å². The van der Waals surface area contributed by atoms with Gasteiger partial charge < -0.3 is 14.8 Å². The van der Waals surface area contributed by atoms with Gasteiger partial charge in [-0.25, -0.2) is 17.8 Å². The third-order valence-corrected chi connectivity index (χ3v) is 6.74. The Morgan fingerprint density at radius 2 is 1.97 bits per heavy atom. The van der Waals surface area contributed by atoms with E-state index in [1.54, 1.807) is 6.92 Å². The van der Waals surface area contributed by atoms with Crippen molar-refractivity contribution in [1.82, 2.24) is 4.98 Å². The molecule has 2 aromatic rings. The summed E-state index contributed by atoms with van der Waals surface area (Å²) in [6.07, 6.45) is 1.23. The number of ether oxygens (including phenoxy) is 2. The summed E-state index contributed by atoms with van der Waals surface area (Å²) in [5.74, 6) is -3.86. The number of benzene rings is 1. The van der Waals surface area contributed by atoms with Crippen LogP contribution in [-0.2, 0) is 19.4 Å². The van der Waals surface area contributed by atoms with Crippen LogP contribution in [0, 0.1) is 17.6 Å². The van der Waals surface area contributed by atoms with E-state index < -0.39 is 45.0 Å². The molecule has 0 saturated carbocycles. The van der Waals surface area contributed by atoms with Crippen LogP contribution >= 0.6 is 0 Å². The Labute approximate surface area is 186 Å². The molecule has 1 aliphatic heterocycles. The van der Waals surface area contributed by atoms with E-state index in [-0.39, 0.29) is 29.0 Å².